The molecule has 0 spiro atoms. The molecule has 1 amide bonds. The van der Waals surface area contributed by atoms with Crippen LogP contribution in [-0.2, 0) is 11.3 Å². The maximum atomic E-state index is 12.3. The first-order valence-electron chi connectivity index (χ1n) is 10.9. The molecule has 11 heteroatoms. The Morgan fingerprint density at radius 3 is 2.79 bits per heavy atom. The minimum atomic E-state index is -1.19. The molecular weight excluding hydrogens is 454 g/mol. The molecule has 1 unspecified atom stereocenters. The van der Waals surface area contributed by atoms with Crippen molar-refractivity contribution in [2.75, 3.05) is 43.9 Å². The average Bonchev–Trinajstić information content (AvgIpc) is 2.80. The van der Waals surface area contributed by atoms with Crippen LogP contribution in [0.1, 0.15) is 35.5 Å². The van der Waals surface area contributed by atoms with Crippen LogP contribution in [-0.4, -0.2) is 82.4 Å². The lowest BCUT2D eigenvalue weighted by atomic mass is 10.1. The number of carbonyl (C=O) groups excluding carboxylic acids is 2. The van der Waals surface area contributed by atoms with Crippen LogP contribution in [0.2, 0.25) is 0 Å². The van der Waals surface area contributed by atoms with Crippen LogP contribution in [0.15, 0.2) is 29.3 Å². The Balaban J connectivity index is 1.73. The van der Waals surface area contributed by atoms with Gasteiger partial charge in [0.05, 0.1) is 12.1 Å². The normalized spacial score (nSPS) is 15.2. The summed E-state index contributed by atoms with van der Waals surface area (Å²) in [6.07, 6.45) is 0.941. The minimum Gasteiger partial charge on any atom is -0.356 e. The fourth-order valence-electron chi connectivity index (χ4n) is 3.43. The maximum Gasteiger partial charge on any atom is 0.237 e. The van der Waals surface area contributed by atoms with Crippen molar-refractivity contribution >= 4 is 35.6 Å². The zero-order chi connectivity index (χ0) is 24.8. The van der Waals surface area contributed by atoms with Crippen LogP contribution in [0, 0.1) is 11.3 Å². The Morgan fingerprint density at radius 1 is 1.38 bits per heavy atom. The summed E-state index contributed by atoms with van der Waals surface area (Å²) in [6.45, 7) is 6.08. The van der Waals surface area contributed by atoms with Crippen LogP contribution >= 0.6 is 11.8 Å². The Bertz CT molecular complexity index is 1090. The number of nitrogens with zero attached hydrogens (tertiary/aromatic N) is 6. The SMILES string of the molecule is CC(C)Sc1cc(NC(O)N(C)c2ccc(CN3CCN(C)CC3=O)c(C=O)n2)ncc1C#N. The fourth-order valence-corrected chi connectivity index (χ4v) is 4.34. The van der Waals surface area contributed by atoms with Crippen molar-refractivity contribution in [3.8, 4) is 6.07 Å². The second-order valence-corrected chi connectivity index (χ2v) is 9.98. The van der Waals surface area contributed by atoms with Gasteiger partial charge in [0.15, 0.2) is 6.29 Å². The van der Waals surface area contributed by atoms with E-state index in [0.717, 1.165) is 11.4 Å². The second-order valence-electron chi connectivity index (χ2n) is 8.36. The predicted molar refractivity (Wildman–Crippen MR) is 131 cm³/mol. The van der Waals surface area contributed by atoms with Gasteiger partial charge in [-0.15, -0.1) is 11.8 Å². The van der Waals surface area contributed by atoms with E-state index in [4.69, 9.17) is 0 Å². The molecule has 34 heavy (non-hydrogen) atoms. The molecule has 1 atom stereocenters. The number of hydrogen-bond acceptors (Lipinski definition) is 10. The van der Waals surface area contributed by atoms with E-state index in [2.05, 4.69) is 21.4 Å². The number of piperazine rings is 1. The lowest BCUT2D eigenvalue weighted by Crippen LogP contribution is -2.48. The zero-order valence-corrected chi connectivity index (χ0v) is 20.5. The summed E-state index contributed by atoms with van der Waals surface area (Å²) in [5, 5.41) is 23.2. The van der Waals surface area contributed by atoms with Crippen LogP contribution in [0.5, 0.6) is 0 Å². The van der Waals surface area contributed by atoms with Gasteiger partial charge in [-0.3, -0.25) is 14.5 Å². The molecule has 180 valence electrons. The highest BCUT2D eigenvalue weighted by Crippen LogP contribution is 2.28. The van der Waals surface area contributed by atoms with Gasteiger partial charge < -0.3 is 20.2 Å². The molecule has 10 nitrogen and oxygen atoms in total. The van der Waals surface area contributed by atoms with E-state index in [1.54, 1.807) is 30.1 Å². The summed E-state index contributed by atoms with van der Waals surface area (Å²) >= 11 is 1.54. The predicted octanol–water partition coefficient (Wildman–Crippen LogP) is 1.76. The zero-order valence-electron chi connectivity index (χ0n) is 19.7. The minimum absolute atomic E-state index is 0.0105. The Morgan fingerprint density at radius 2 is 2.15 bits per heavy atom. The van der Waals surface area contributed by atoms with Gasteiger partial charge >= 0.3 is 0 Å². The first kappa shape index (κ1) is 25.4. The number of pyridine rings is 2. The molecular formula is C23H29N7O3S. The smallest absolute Gasteiger partial charge is 0.237 e. The molecule has 0 saturated carbocycles. The number of nitriles is 1. The number of aliphatic hydroxyl groups excluding tert-OH is 1. The van der Waals surface area contributed by atoms with Crippen molar-refractivity contribution in [1.29, 1.82) is 5.26 Å². The third-order valence-electron chi connectivity index (χ3n) is 5.33. The molecule has 0 aromatic carbocycles. The third kappa shape index (κ3) is 6.22. The highest BCUT2D eigenvalue weighted by Gasteiger charge is 2.23. The number of hydrogen-bond donors (Lipinski definition) is 2. The number of nitrogens with one attached hydrogen (secondary N) is 1. The van der Waals surface area contributed by atoms with E-state index in [-0.39, 0.29) is 16.9 Å². The van der Waals surface area contributed by atoms with E-state index < -0.39 is 6.35 Å². The molecule has 2 N–H and O–H groups in total. The van der Waals surface area contributed by atoms with E-state index in [1.165, 1.54) is 22.9 Å². The van der Waals surface area contributed by atoms with Crippen molar-refractivity contribution in [2.24, 2.45) is 0 Å². The van der Waals surface area contributed by atoms with E-state index in [9.17, 15) is 20.0 Å². The van der Waals surface area contributed by atoms with Gasteiger partial charge in [0, 0.05) is 48.6 Å². The van der Waals surface area contributed by atoms with Gasteiger partial charge in [0.1, 0.15) is 23.4 Å². The number of aliphatic hydroxyl groups is 1. The molecule has 3 heterocycles. The average molecular weight is 484 g/mol. The van der Waals surface area contributed by atoms with Crippen molar-refractivity contribution in [1.82, 2.24) is 19.8 Å². The highest BCUT2D eigenvalue weighted by atomic mass is 32.2. The molecule has 1 aliphatic rings. The number of aromatic nitrogens is 2. The van der Waals surface area contributed by atoms with Crippen LogP contribution in [0.3, 0.4) is 0 Å². The summed E-state index contributed by atoms with van der Waals surface area (Å²) in [6, 6.07) is 7.29. The van der Waals surface area contributed by atoms with Crippen LogP contribution in [0.4, 0.5) is 11.6 Å². The molecule has 0 bridgehead atoms. The number of thioether (sulfide) groups is 1. The number of amides is 1. The third-order valence-corrected chi connectivity index (χ3v) is 6.40. The standard InChI is InChI=1S/C23H29N7O3S/c1-15(2)34-19-9-20(25-11-17(19)10-24)27-23(33)29(4)21-6-5-16(18(14-31)26-21)12-30-8-7-28(3)13-22(30)32/h5-6,9,11,14-15,23,33H,7-8,12-13H2,1-4H3,(H,25,27). The molecule has 1 fully saturated rings. The maximum absolute atomic E-state index is 12.3. The lowest BCUT2D eigenvalue weighted by molar-refractivity contribution is -0.136. The number of rotatable bonds is 9. The summed E-state index contributed by atoms with van der Waals surface area (Å²) < 4.78 is 0. The molecule has 3 rings (SSSR count). The number of carbonyl (C=O) groups is 2. The Hall–Kier alpha value is -3.20. The first-order valence-corrected chi connectivity index (χ1v) is 11.8. The van der Waals surface area contributed by atoms with Crippen LogP contribution < -0.4 is 10.2 Å². The van der Waals surface area contributed by atoms with E-state index in [1.807, 2.05) is 25.8 Å². The van der Waals surface area contributed by atoms with Gasteiger partial charge in [0.2, 0.25) is 12.3 Å². The summed E-state index contributed by atoms with van der Waals surface area (Å²) in [5.41, 5.74) is 1.34. The Kier molecular flexibility index (Phi) is 8.44. The van der Waals surface area contributed by atoms with Crippen molar-refractivity contribution in [3.63, 3.8) is 0 Å². The first-order chi connectivity index (χ1) is 16.2. The van der Waals surface area contributed by atoms with Gasteiger partial charge in [-0.25, -0.2) is 9.97 Å². The van der Waals surface area contributed by atoms with Gasteiger partial charge in [-0.1, -0.05) is 19.9 Å². The number of anilines is 2. The topological polar surface area (TPSA) is 126 Å². The molecule has 0 radical (unpaired) electrons. The van der Waals surface area contributed by atoms with Gasteiger partial charge in [-0.2, -0.15) is 5.26 Å². The largest absolute Gasteiger partial charge is 0.356 e. The molecule has 1 saturated heterocycles. The summed E-state index contributed by atoms with van der Waals surface area (Å²) in [7, 11) is 3.53. The Labute approximate surface area is 203 Å². The van der Waals surface area contributed by atoms with Gasteiger partial charge in [-0.05, 0) is 19.2 Å². The fraction of sp³-hybridized carbons (Fsp3) is 0.435. The lowest BCUT2D eigenvalue weighted by Gasteiger charge is -2.32. The van der Waals surface area contributed by atoms with Crippen molar-refractivity contribution in [2.45, 2.75) is 36.9 Å². The summed E-state index contributed by atoms with van der Waals surface area (Å²) in [5.74, 6) is 0.791. The van der Waals surface area contributed by atoms with Gasteiger partial charge in [0.25, 0.3) is 0 Å². The quantitative estimate of drug-likeness (QED) is 0.309. The van der Waals surface area contributed by atoms with E-state index >= 15 is 0 Å². The number of likely N-dealkylation sites (N-methyl/N-ethyl adjacent to an activating group) is 1. The molecule has 2 aromatic rings. The molecule has 0 aliphatic carbocycles. The molecule has 2 aromatic heterocycles. The molecule has 1 aliphatic heterocycles. The monoisotopic (exact) mass is 483 g/mol. The summed E-state index contributed by atoms with van der Waals surface area (Å²) in [4.78, 5) is 38.5. The van der Waals surface area contributed by atoms with Crippen LogP contribution in [0.25, 0.3) is 0 Å². The van der Waals surface area contributed by atoms with Crippen molar-refractivity contribution in [3.05, 3.63) is 41.2 Å². The second kappa shape index (κ2) is 11.3. The van der Waals surface area contributed by atoms with Crippen molar-refractivity contribution < 1.29 is 14.7 Å². The van der Waals surface area contributed by atoms with E-state index in [0.29, 0.717) is 48.7 Å². The highest BCUT2D eigenvalue weighted by molar-refractivity contribution is 8.00. The number of aldehydes is 1.